The van der Waals surface area contributed by atoms with Crippen molar-refractivity contribution in [3.8, 4) is 5.75 Å². The van der Waals surface area contributed by atoms with E-state index in [1.165, 1.54) is 43.2 Å². The molecule has 0 aromatic heterocycles. The summed E-state index contributed by atoms with van der Waals surface area (Å²) in [7, 11) is 3.81. The molecule has 2 fully saturated rings. The third-order valence-corrected chi connectivity index (χ3v) is 10.2. The molecule has 1 aromatic rings. The minimum Gasteiger partial charge on any atom is -0.497 e. The Bertz CT molecular complexity index is 948. The van der Waals surface area contributed by atoms with Crippen LogP contribution >= 0.6 is 0 Å². The summed E-state index contributed by atoms with van der Waals surface area (Å²) >= 11 is 0. The maximum atomic E-state index is 13.2. The SMILES string of the molecule is COc1cc(C)c(S(=O)(=O)N(C)CCC(=O)CC2CCC(CN3CCC(N(C)C)C3)CC2)c(C)c1. The molecule has 0 radical (unpaired) electrons. The van der Waals surface area contributed by atoms with Crippen LogP contribution in [0, 0.1) is 25.7 Å². The number of rotatable bonds is 11. The normalized spacial score (nSPS) is 23.8. The lowest BCUT2D eigenvalue weighted by molar-refractivity contribution is -0.120. The van der Waals surface area contributed by atoms with E-state index >= 15 is 0 Å². The van der Waals surface area contributed by atoms with Gasteiger partial charge in [0.1, 0.15) is 11.5 Å². The van der Waals surface area contributed by atoms with E-state index in [-0.39, 0.29) is 18.7 Å². The largest absolute Gasteiger partial charge is 0.497 e. The zero-order valence-corrected chi connectivity index (χ0v) is 23.4. The van der Waals surface area contributed by atoms with Crippen molar-refractivity contribution >= 4 is 15.8 Å². The highest BCUT2D eigenvalue weighted by Gasteiger charge is 2.30. The molecule has 0 N–H and O–H groups in total. The first-order valence-corrected chi connectivity index (χ1v) is 14.5. The van der Waals surface area contributed by atoms with E-state index in [9.17, 15) is 13.2 Å². The Morgan fingerprint density at radius 3 is 2.17 bits per heavy atom. The first-order valence-electron chi connectivity index (χ1n) is 13.0. The molecule has 0 amide bonds. The Kier molecular flexibility index (Phi) is 9.77. The minimum absolute atomic E-state index is 0.173. The van der Waals surface area contributed by atoms with Crippen LogP contribution < -0.4 is 4.74 Å². The summed E-state index contributed by atoms with van der Waals surface area (Å²) < 4.78 is 32.9. The van der Waals surface area contributed by atoms with Gasteiger partial charge in [-0.05, 0) is 102 Å². The number of Topliss-reactive ketones (excluding diaryl/α,β-unsaturated/α-hetero) is 1. The van der Waals surface area contributed by atoms with E-state index in [4.69, 9.17) is 4.74 Å². The van der Waals surface area contributed by atoms with Crippen molar-refractivity contribution in [2.75, 3.05) is 54.4 Å². The quantitative estimate of drug-likeness (QED) is 0.455. The standard InChI is InChI=1S/C27H45N3O4S/c1-20-15-26(34-6)16-21(2)27(20)35(32,33)29(5)13-12-25(31)17-22-7-9-23(10-8-22)18-30-14-11-24(19-30)28(3)4/h15-16,22-24H,7-14,17-19H2,1-6H3. The number of hydrogen-bond acceptors (Lipinski definition) is 6. The Morgan fingerprint density at radius 2 is 1.63 bits per heavy atom. The van der Waals surface area contributed by atoms with E-state index in [1.807, 2.05) is 0 Å². The average molecular weight is 508 g/mol. The van der Waals surface area contributed by atoms with Crippen molar-refractivity contribution in [1.82, 2.24) is 14.1 Å². The van der Waals surface area contributed by atoms with Gasteiger partial charge in [0.2, 0.25) is 10.0 Å². The molecule has 1 saturated carbocycles. The second-order valence-corrected chi connectivity index (χ2v) is 12.9. The van der Waals surface area contributed by atoms with Crippen molar-refractivity contribution in [2.45, 2.75) is 69.7 Å². The maximum absolute atomic E-state index is 13.2. The van der Waals surface area contributed by atoms with Crippen LogP contribution in [0.15, 0.2) is 17.0 Å². The van der Waals surface area contributed by atoms with Gasteiger partial charge in [-0.3, -0.25) is 4.79 Å². The molecule has 1 aliphatic carbocycles. The highest BCUT2D eigenvalue weighted by atomic mass is 32.2. The molecule has 35 heavy (non-hydrogen) atoms. The number of hydrogen-bond donors (Lipinski definition) is 0. The minimum atomic E-state index is -3.66. The fourth-order valence-corrected chi connectivity index (χ4v) is 7.38. The zero-order valence-electron chi connectivity index (χ0n) is 22.5. The summed E-state index contributed by atoms with van der Waals surface area (Å²) in [6.45, 7) is 7.34. The topological polar surface area (TPSA) is 70.2 Å². The average Bonchev–Trinajstić information content (AvgIpc) is 3.27. The van der Waals surface area contributed by atoms with Crippen molar-refractivity contribution in [1.29, 1.82) is 0 Å². The summed E-state index contributed by atoms with van der Waals surface area (Å²) in [5.74, 6) is 2.01. The molecular weight excluding hydrogens is 462 g/mol. The van der Waals surface area contributed by atoms with Crippen LogP contribution in [-0.4, -0.2) is 88.8 Å². The van der Waals surface area contributed by atoms with Gasteiger partial charge in [-0.15, -0.1) is 0 Å². The second-order valence-electron chi connectivity index (χ2n) is 11.0. The number of carbonyl (C=O) groups excluding carboxylic acids is 1. The van der Waals surface area contributed by atoms with Crippen LogP contribution in [0.2, 0.25) is 0 Å². The van der Waals surface area contributed by atoms with E-state index in [2.05, 4.69) is 23.9 Å². The number of likely N-dealkylation sites (tertiary alicyclic amines) is 1. The molecule has 1 unspecified atom stereocenters. The van der Waals surface area contributed by atoms with Gasteiger partial charge in [0.15, 0.2) is 0 Å². The number of ketones is 1. The van der Waals surface area contributed by atoms with E-state index in [0.29, 0.717) is 40.2 Å². The predicted octanol–water partition coefficient (Wildman–Crippen LogP) is 3.72. The summed E-state index contributed by atoms with van der Waals surface area (Å²) in [5.41, 5.74) is 1.31. The molecule has 3 rings (SSSR count). The Hall–Kier alpha value is -1.48. The van der Waals surface area contributed by atoms with Crippen LogP contribution in [0.5, 0.6) is 5.75 Å². The third-order valence-electron chi connectivity index (χ3n) is 8.02. The van der Waals surface area contributed by atoms with Gasteiger partial charge in [0, 0.05) is 45.6 Å². The maximum Gasteiger partial charge on any atom is 0.243 e. The molecule has 198 valence electrons. The zero-order chi connectivity index (χ0) is 25.8. The van der Waals surface area contributed by atoms with Crippen molar-refractivity contribution in [3.05, 3.63) is 23.3 Å². The first kappa shape index (κ1) is 28.1. The van der Waals surface area contributed by atoms with Crippen LogP contribution in [0.3, 0.4) is 0 Å². The van der Waals surface area contributed by atoms with Crippen LogP contribution in [0.25, 0.3) is 0 Å². The lowest BCUT2D eigenvalue weighted by Gasteiger charge is -2.31. The molecular formula is C27H45N3O4S. The van der Waals surface area contributed by atoms with Gasteiger partial charge in [-0.1, -0.05) is 0 Å². The number of aryl methyl sites for hydroxylation is 2. The van der Waals surface area contributed by atoms with Gasteiger partial charge in [-0.2, -0.15) is 0 Å². The van der Waals surface area contributed by atoms with Crippen LogP contribution in [0.4, 0.5) is 0 Å². The van der Waals surface area contributed by atoms with Crippen LogP contribution in [0.1, 0.15) is 56.1 Å². The summed E-state index contributed by atoms with van der Waals surface area (Å²) in [6.07, 6.45) is 6.73. The van der Waals surface area contributed by atoms with E-state index in [1.54, 1.807) is 40.1 Å². The van der Waals surface area contributed by atoms with Crippen molar-refractivity contribution in [3.63, 3.8) is 0 Å². The van der Waals surface area contributed by atoms with E-state index < -0.39 is 10.0 Å². The molecule has 1 atom stereocenters. The first-order chi connectivity index (χ1) is 16.5. The molecule has 1 aromatic carbocycles. The van der Waals surface area contributed by atoms with Gasteiger partial charge >= 0.3 is 0 Å². The molecule has 1 saturated heterocycles. The Labute approximate surface area is 212 Å². The molecule has 8 heteroatoms. The number of sulfonamides is 1. The number of methoxy groups -OCH3 is 1. The molecule has 0 bridgehead atoms. The van der Waals surface area contributed by atoms with Crippen molar-refractivity contribution < 1.29 is 17.9 Å². The van der Waals surface area contributed by atoms with Gasteiger partial charge in [-0.25, -0.2) is 12.7 Å². The van der Waals surface area contributed by atoms with E-state index in [0.717, 1.165) is 18.8 Å². The van der Waals surface area contributed by atoms with Gasteiger partial charge in [0.25, 0.3) is 0 Å². The number of ether oxygens (including phenoxy) is 1. The molecule has 1 aliphatic heterocycles. The fraction of sp³-hybridized carbons (Fsp3) is 0.741. The predicted molar refractivity (Wildman–Crippen MR) is 141 cm³/mol. The third kappa shape index (κ3) is 7.28. The van der Waals surface area contributed by atoms with Crippen LogP contribution in [-0.2, 0) is 14.8 Å². The number of nitrogens with zero attached hydrogens (tertiary/aromatic N) is 3. The number of carbonyl (C=O) groups is 1. The summed E-state index contributed by atoms with van der Waals surface area (Å²) in [6, 6.07) is 4.16. The molecule has 7 nitrogen and oxygen atoms in total. The smallest absolute Gasteiger partial charge is 0.243 e. The number of likely N-dealkylation sites (N-methyl/N-ethyl adjacent to an activating group) is 1. The van der Waals surface area contributed by atoms with Gasteiger partial charge < -0.3 is 14.5 Å². The highest BCUT2D eigenvalue weighted by Crippen LogP contribution is 2.33. The lowest BCUT2D eigenvalue weighted by atomic mass is 9.79. The van der Waals surface area contributed by atoms with Crippen molar-refractivity contribution in [2.24, 2.45) is 11.8 Å². The monoisotopic (exact) mass is 507 g/mol. The Morgan fingerprint density at radius 1 is 1.03 bits per heavy atom. The molecule has 1 heterocycles. The lowest BCUT2D eigenvalue weighted by Crippen LogP contribution is -2.34. The number of benzene rings is 1. The molecule has 2 aliphatic rings. The fourth-order valence-electron chi connectivity index (χ4n) is 5.80. The summed E-state index contributed by atoms with van der Waals surface area (Å²) in [4.78, 5) is 18.0. The Balaban J connectivity index is 1.43. The molecule has 0 spiro atoms. The second kappa shape index (κ2) is 12.2. The summed E-state index contributed by atoms with van der Waals surface area (Å²) in [5, 5.41) is 0. The highest BCUT2D eigenvalue weighted by molar-refractivity contribution is 7.89. The van der Waals surface area contributed by atoms with Gasteiger partial charge in [0.05, 0.1) is 12.0 Å².